The second-order valence-corrected chi connectivity index (χ2v) is 5.95. The first kappa shape index (κ1) is 20.7. The Hall–Kier alpha value is -3.59. The first-order chi connectivity index (χ1) is 13.4. The van der Waals surface area contributed by atoms with Crippen molar-refractivity contribution in [1.82, 2.24) is 15.3 Å². The molecule has 2 aromatic rings. The van der Waals surface area contributed by atoms with E-state index in [4.69, 9.17) is 22.7 Å². The number of rotatable bonds is 9. The number of nitrogens with two attached hydrogens (primary N) is 1. The number of Topliss-reactive ketones (excluding diaryl/α,β-unsaturated/α-hetero) is 1. The van der Waals surface area contributed by atoms with E-state index >= 15 is 0 Å². The minimum atomic E-state index is -1.20. The molecule has 0 aliphatic rings. The quantitative estimate of drug-likeness (QED) is 0.277. The maximum atomic E-state index is 12.7. The first-order valence-electron chi connectivity index (χ1n) is 8.05. The number of carbonyl (C=O) groups is 3. The van der Waals surface area contributed by atoms with Crippen LogP contribution in [-0.4, -0.2) is 38.8 Å². The fraction of sp³-hybridized carbons (Fsp3) is 0.111. The summed E-state index contributed by atoms with van der Waals surface area (Å²) in [7, 11) is 0. The Morgan fingerprint density at radius 2 is 1.79 bits per heavy atom. The number of aromatic nitrogens is 2. The standard InChI is InChI=1S/C18H17ClN6O3/c19-14(20)10-13(25-18-22-7-4-8-23-18)17(28)24-12(15(26)16(21)27)9-11-5-2-1-3-6-11/h1-8,10,12,20H,9H2,(H2,21,27)(H,24,28)(H,22,23,25)/b13-10-,20-14?. The molecule has 9 nitrogen and oxygen atoms in total. The zero-order valence-corrected chi connectivity index (χ0v) is 15.3. The lowest BCUT2D eigenvalue weighted by Crippen LogP contribution is -2.48. The van der Waals surface area contributed by atoms with Crippen LogP contribution in [0.3, 0.4) is 0 Å². The third-order valence-corrected chi connectivity index (χ3v) is 3.58. The molecule has 1 aromatic carbocycles. The highest BCUT2D eigenvalue weighted by Crippen LogP contribution is 2.08. The predicted molar refractivity (Wildman–Crippen MR) is 104 cm³/mol. The van der Waals surface area contributed by atoms with E-state index in [9.17, 15) is 14.4 Å². The van der Waals surface area contributed by atoms with Crippen LogP contribution < -0.4 is 16.4 Å². The molecule has 2 amide bonds. The van der Waals surface area contributed by atoms with Crippen LogP contribution in [0.4, 0.5) is 5.95 Å². The summed E-state index contributed by atoms with van der Waals surface area (Å²) in [4.78, 5) is 44.0. The highest BCUT2D eigenvalue weighted by Gasteiger charge is 2.26. The molecule has 0 saturated heterocycles. The van der Waals surface area contributed by atoms with Gasteiger partial charge in [0.05, 0.1) is 0 Å². The predicted octanol–water partition coefficient (Wildman–Crippen LogP) is 0.770. The van der Waals surface area contributed by atoms with E-state index in [-0.39, 0.29) is 18.1 Å². The molecular weight excluding hydrogens is 384 g/mol. The number of hydrogen-bond acceptors (Lipinski definition) is 7. The van der Waals surface area contributed by atoms with E-state index in [1.54, 1.807) is 36.4 Å². The van der Waals surface area contributed by atoms with Gasteiger partial charge in [-0.25, -0.2) is 9.97 Å². The SMILES string of the molecule is N=C(Cl)/C=C(\Nc1ncccn1)C(=O)NC(Cc1ccccc1)C(=O)C(N)=O. The number of amides is 2. The van der Waals surface area contributed by atoms with Gasteiger partial charge in [0.15, 0.2) is 0 Å². The van der Waals surface area contributed by atoms with Crippen molar-refractivity contribution < 1.29 is 14.4 Å². The van der Waals surface area contributed by atoms with Crippen LogP contribution in [0.2, 0.25) is 0 Å². The molecule has 0 saturated carbocycles. The van der Waals surface area contributed by atoms with E-state index in [2.05, 4.69) is 20.6 Å². The van der Waals surface area contributed by atoms with Crippen molar-refractivity contribution in [3.05, 3.63) is 66.1 Å². The zero-order chi connectivity index (χ0) is 20.5. The maximum Gasteiger partial charge on any atom is 0.287 e. The largest absolute Gasteiger partial charge is 0.363 e. The molecule has 1 unspecified atom stereocenters. The number of carbonyl (C=O) groups excluding carboxylic acids is 3. The Kier molecular flexibility index (Phi) is 7.35. The van der Waals surface area contributed by atoms with Gasteiger partial charge in [0, 0.05) is 24.9 Å². The van der Waals surface area contributed by atoms with Crippen LogP contribution in [0.5, 0.6) is 0 Å². The Balaban J connectivity index is 2.23. The van der Waals surface area contributed by atoms with Crippen molar-refractivity contribution in [3.63, 3.8) is 0 Å². The highest BCUT2D eigenvalue weighted by molar-refractivity contribution is 6.67. The molecule has 1 heterocycles. The second-order valence-electron chi connectivity index (χ2n) is 5.55. The van der Waals surface area contributed by atoms with Gasteiger partial charge in [0.25, 0.3) is 11.8 Å². The molecule has 0 bridgehead atoms. The normalized spacial score (nSPS) is 12.0. The van der Waals surface area contributed by atoms with Gasteiger partial charge in [-0.15, -0.1) is 0 Å². The zero-order valence-electron chi connectivity index (χ0n) is 14.6. The van der Waals surface area contributed by atoms with Crippen molar-refractivity contribution in [1.29, 1.82) is 5.41 Å². The van der Waals surface area contributed by atoms with E-state index in [1.165, 1.54) is 12.4 Å². The summed E-state index contributed by atoms with van der Waals surface area (Å²) in [5.74, 6) is -2.82. The second kappa shape index (κ2) is 9.93. The Morgan fingerprint density at radius 3 is 2.36 bits per heavy atom. The number of primary amides is 1. The lowest BCUT2D eigenvalue weighted by molar-refractivity contribution is -0.138. The highest BCUT2D eigenvalue weighted by atomic mass is 35.5. The number of halogens is 1. The van der Waals surface area contributed by atoms with E-state index < -0.39 is 28.8 Å². The molecule has 0 spiro atoms. The number of anilines is 1. The third kappa shape index (κ3) is 6.29. The fourth-order valence-corrected chi connectivity index (χ4v) is 2.35. The summed E-state index contributed by atoms with van der Waals surface area (Å²) in [6.07, 6.45) is 3.99. The minimum Gasteiger partial charge on any atom is -0.363 e. The molecule has 5 N–H and O–H groups in total. The summed E-state index contributed by atoms with van der Waals surface area (Å²) < 4.78 is 0. The van der Waals surface area contributed by atoms with Gasteiger partial charge in [-0.2, -0.15) is 0 Å². The number of nitrogens with zero attached hydrogens (tertiary/aromatic N) is 2. The molecule has 0 fully saturated rings. The number of ketones is 1. The molecule has 0 aliphatic carbocycles. The van der Waals surface area contributed by atoms with E-state index in [1.807, 2.05) is 0 Å². The lowest BCUT2D eigenvalue weighted by atomic mass is 10.0. The Labute approximate surface area is 165 Å². The third-order valence-electron chi connectivity index (χ3n) is 3.48. The molecule has 144 valence electrons. The monoisotopic (exact) mass is 400 g/mol. The van der Waals surface area contributed by atoms with E-state index in [0.717, 1.165) is 11.6 Å². The minimum absolute atomic E-state index is 0.0573. The topological polar surface area (TPSA) is 151 Å². The van der Waals surface area contributed by atoms with E-state index in [0.29, 0.717) is 0 Å². The molecule has 28 heavy (non-hydrogen) atoms. The van der Waals surface area contributed by atoms with Gasteiger partial charge in [-0.3, -0.25) is 19.8 Å². The molecule has 10 heteroatoms. The van der Waals surface area contributed by atoms with Crippen LogP contribution in [0, 0.1) is 5.41 Å². The summed E-state index contributed by atoms with van der Waals surface area (Å²) in [6, 6.07) is 9.19. The molecule has 0 aliphatic heterocycles. The summed E-state index contributed by atoms with van der Waals surface area (Å²) in [5.41, 5.74) is 5.64. The number of allylic oxidation sites excluding steroid dienone is 1. The van der Waals surface area contributed by atoms with Crippen LogP contribution in [0.1, 0.15) is 5.56 Å². The van der Waals surface area contributed by atoms with Crippen LogP contribution in [0.15, 0.2) is 60.6 Å². The number of nitrogens with one attached hydrogen (secondary N) is 3. The van der Waals surface area contributed by atoms with Gasteiger partial charge in [-0.1, -0.05) is 41.9 Å². The van der Waals surface area contributed by atoms with Crippen LogP contribution in [-0.2, 0) is 20.8 Å². The van der Waals surface area contributed by atoms with Crippen LogP contribution in [0.25, 0.3) is 0 Å². The van der Waals surface area contributed by atoms with Gasteiger partial charge in [-0.05, 0) is 11.6 Å². The van der Waals surface area contributed by atoms with Crippen molar-refractivity contribution in [2.75, 3.05) is 5.32 Å². The Bertz CT molecular complexity index is 902. The molecular formula is C18H17ClN6O3. The molecule has 1 atom stereocenters. The summed E-state index contributed by atoms with van der Waals surface area (Å²) in [6.45, 7) is 0. The first-order valence-corrected chi connectivity index (χ1v) is 8.43. The van der Waals surface area contributed by atoms with Crippen molar-refractivity contribution in [2.45, 2.75) is 12.5 Å². The molecule has 2 rings (SSSR count). The maximum absolute atomic E-state index is 12.7. The summed E-state index contributed by atoms with van der Waals surface area (Å²) in [5, 5.41) is 12.0. The molecule has 0 radical (unpaired) electrons. The summed E-state index contributed by atoms with van der Waals surface area (Å²) >= 11 is 5.57. The van der Waals surface area contributed by atoms with Crippen molar-refractivity contribution >= 4 is 40.3 Å². The van der Waals surface area contributed by atoms with Crippen molar-refractivity contribution in [3.8, 4) is 0 Å². The Morgan fingerprint density at radius 1 is 1.14 bits per heavy atom. The fourth-order valence-electron chi connectivity index (χ4n) is 2.24. The average molecular weight is 401 g/mol. The van der Waals surface area contributed by atoms with Crippen molar-refractivity contribution in [2.24, 2.45) is 5.73 Å². The molecule has 1 aromatic heterocycles. The van der Waals surface area contributed by atoms with Gasteiger partial charge >= 0.3 is 0 Å². The lowest BCUT2D eigenvalue weighted by Gasteiger charge is -2.18. The average Bonchev–Trinajstić information content (AvgIpc) is 2.67. The van der Waals surface area contributed by atoms with Gasteiger partial charge in [0.1, 0.15) is 16.9 Å². The van der Waals surface area contributed by atoms with Crippen LogP contribution >= 0.6 is 11.6 Å². The van der Waals surface area contributed by atoms with Gasteiger partial charge in [0.2, 0.25) is 11.7 Å². The smallest absolute Gasteiger partial charge is 0.287 e. The van der Waals surface area contributed by atoms with Gasteiger partial charge < -0.3 is 16.4 Å². The number of hydrogen-bond donors (Lipinski definition) is 4. The number of benzene rings is 1.